The van der Waals surface area contributed by atoms with Crippen molar-refractivity contribution < 1.29 is 14.6 Å². The van der Waals surface area contributed by atoms with Crippen LogP contribution in [0.2, 0.25) is 0 Å². The molecule has 0 spiro atoms. The molecule has 0 radical (unpaired) electrons. The molecule has 0 atom stereocenters. The topological polar surface area (TPSA) is 71.5 Å². The first-order chi connectivity index (χ1) is 11.2. The highest BCUT2D eigenvalue weighted by molar-refractivity contribution is 6.04. The molecule has 0 aliphatic carbocycles. The van der Waals surface area contributed by atoms with Crippen molar-refractivity contribution in [2.24, 2.45) is 0 Å². The summed E-state index contributed by atoms with van der Waals surface area (Å²) in [4.78, 5) is 15.7. The van der Waals surface area contributed by atoms with E-state index in [0.29, 0.717) is 23.5 Å². The van der Waals surface area contributed by atoms with Crippen LogP contribution in [-0.2, 0) is 6.54 Å². The molecule has 3 aromatic rings. The SMILES string of the molecule is COc1ccc2ncc(C(=O)O)c(NCc3ccccc3)c2c1. The number of carboxylic acid groups (broad SMARTS) is 1. The van der Waals surface area contributed by atoms with Gasteiger partial charge in [-0.05, 0) is 23.8 Å². The van der Waals surface area contributed by atoms with E-state index in [9.17, 15) is 9.90 Å². The number of anilines is 1. The van der Waals surface area contributed by atoms with Gasteiger partial charge in [0, 0.05) is 18.1 Å². The summed E-state index contributed by atoms with van der Waals surface area (Å²) in [6, 6.07) is 15.2. The molecule has 0 unspecified atom stereocenters. The quantitative estimate of drug-likeness (QED) is 0.754. The predicted molar refractivity (Wildman–Crippen MR) is 89.0 cm³/mol. The number of hydrogen-bond donors (Lipinski definition) is 2. The molecule has 5 nitrogen and oxygen atoms in total. The summed E-state index contributed by atoms with van der Waals surface area (Å²) in [5, 5.41) is 13.4. The normalized spacial score (nSPS) is 10.5. The summed E-state index contributed by atoms with van der Waals surface area (Å²) < 4.78 is 5.24. The molecule has 1 heterocycles. The van der Waals surface area contributed by atoms with Crippen molar-refractivity contribution in [3.05, 3.63) is 65.9 Å². The molecule has 1 aromatic heterocycles. The number of hydrogen-bond acceptors (Lipinski definition) is 4. The van der Waals surface area contributed by atoms with Crippen LogP contribution < -0.4 is 10.1 Å². The number of pyridine rings is 1. The van der Waals surface area contributed by atoms with E-state index in [1.807, 2.05) is 36.4 Å². The first-order valence-corrected chi connectivity index (χ1v) is 7.17. The van der Waals surface area contributed by atoms with E-state index in [1.54, 1.807) is 19.2 Å². The van der Waals surface area contributed by atoms with E-state index in [4.69, 9.17) is 4.74 Å². The van der Waals surface area contributed by atoms with Crippen LogP contribution in [0.3, 0.4) is 0 Å². The molecule has 0 aliphatic rings. The zero-order chi connectivity index (χ0) is 16.2. The van der Waals surface area contributed by atoms with Crippen LogP contribution >= 0.6 is 0 Å². The van der Waals surface area contributed by atoms with Gasteiger partial charge in [-0.15, -0.1) is 0 Å². The van der Waals surface area contributed by atoms with Crippen molar-refractivity contribution in [3.63, 3.8) is 0 Å². The van der Waals surface area contributed by atoms with Gasteiger partial charge in [-0.25, -0.2) is 4.79 Å². The van der Waals surface area contributed by atoms with Gasteiger partial charge in [0.05, 0.1) is 18.3 Å². The van der Waals surface area contributed by atoms with Gasteiger partial charge in [0.25, 0.3) is 0 Å². The minimum atomic E-state index is -1.02. The molecule has 0 fully saturated rings. The minimum absolute atomic E-state index is 0.140. The molecule has 0 aliphatic heterocycles. The second kappa shape index (κ2) is 6.36. The van der Waals surface area contributed by atoms with Crippen LogP contribution in [0.1, 0.15) is 15.9 Å². The molecule has 116 valence electrons. The van der Waals surface area contributed by atoms with Crippen LogP contribution in [0.4, 0.5) is 5.69 Å². The van der Waals surface area contributed by atoms with Gasteiger partial charge >= 0.3 is 5.97 Å². The zero-order valence-corrected chi connectivity index (χ0v) is 12.6. The smallest absolute Gasteiger partial charge is 0.339 e. The van der Waals surface area contributed by atoms with Crippen molar-refractivity contribution in [2.45, 2.75) is 6.54 Å². The molecule has 5 heteroatoms. The molecule has 2 aromatic carbocycles. The Bertz CT molecular complexity index is 848. The Balaban J connectivity index is 2.06. The minimum Gasteiger partial charge on any atom is -0.497 e. The third kappa shape index (κ3) is 3.08. The molecule has 0 saturated carbocycles. The number of ether oxygens (including phenoxy) is 1. The fourth-order valence-electron chi connectivity index (χ4n) is 2.44. The van der Waals surface area contributed by atoms with Crippen molar-refractivity contribution in [3.8, 4) is 5.75 Å². The first kappa shape index (κ1) is 14.8. The van der Waals surface area contributed by atoms with Crippen molar-refractivity contribution in [1.82, 2.24) is 4.98 Å². The fourth-order valence-corrected chi connectivity index (χ4v) is 2.44. The number of aromatic nitrogens is 1. The van der Waals surface area contributed by atoms with Gasteiger partial charge in [-0.2, -0.15) is 0 Å². The van der Waals surface area contributed by atoms with E-state index in [2.05, 4.69) is 10.3 Å². The molecule has 3 rings (SSSR count). The van der Waals surface area contributed by atoms with Crippen LogP contribution in [0.25, 0.3) is 10.9 Å². The van der Waals surface area contributed by atoms with Crippen LogP contribution in [0, 0.1) is 0 Å². The molecule has 0 amide bonds. The molecular weight excluding hydrogens is 292 g/mol. The lowest BCUT2D eigenvalue weighted by Gasteiger charge is -2.13. The highest BCUT2D eigenvalue weighted by Crippen LogP contribution is 2.29. The second-order valence-corrected chi connectivity index (χ2v) is 5.07. The summed E-state index contributed by atoms with van der Waals surface area (Å²) in [7, 11) is 1.58. The fraction of sp³-hybridized carbons (Fsp3) is 0.111. The maximum atomic E-state index is 11.5. The Labute approximate surface area is 133 Å². The third-order valence-corrected chi connectivity index (χ3v) is 3.62. The van der Waals surface area contributed by atoms with E-state index in [-0.39, 0.29) is 5.56 Å². The zero-order valence-electron chi connectivity index (χ0n) is 12.6. The Morgan fingerprint density at radius 2 is 2.00 bits per heavy atom. The summed E-state index contributed by atoms with van der Waals surface area (Å²) in [6.45, 7) is 0.525. The number of carbonyl (C=O) groups is 1. The summed E-state index contributed by atoms with van der Waals surface area (Å²) in [5.41, 5.74) is 2.47. The van der Waals surface area contributed by atoms with Crippen LogP contribution in [0.15, 0.2) is 54.7 Å². The van der Waals surface area contributed by atoms with Crippen LogP contribution in [0.5, 0.6) is 5.75 Å². The number of methoxy groups -OCH3 is 1. The highest BCUT2D eigenvalue weighted by atomic mass is 16.5. The molecule has 0 bridgehead atoms. The predicted octanol–water partition coefficient (Wildman–Crippen LogP) is 3.55. The van der Waals surface area contributed by atoms with Gasteiger partial charge in [-0.1, -0.05) is 30.3 Å². The summed E-state index contributed by atoms with van der Waals surface area (Å²) in [5.74, 6) is -0.359. The second-order valence-electron chi connectivity index (χ2n) is 5.07. The average molecular weight is 308 g/mol. The number of nitrogens with one attached hydrogen (secondary N) is 1. The molecule has 0 saturated heterocycles. The van der Waals surface area contributed by atoms with Crippen molar-refractivity contribution >= 4 is 22.6 Å². The largest absolute Gasteiger partial charge is 0.497 e. The lowest BCUT2D eigenvalue weighted by Crippen LogP contribution is -2.08. The molecule has 2 N–H and O–H groups in total. The Morgan fingerprint density at radius 3 is 2.70 bits per heavy atom. The van der Waals surface area contributed by atoms with Gasteiger partial charge in [-0.3, -0.25) is 4.98 Å². The maximum Gasteiger partial charge on any atom is 0.339 e. The summed E-state index contributed by atoms with van der Waals surface area (Å²) >= 11 is 0. The number of nitrogens with zero attached hydrogens (tertiary/aromatic N) is 1. The number of benzene rings is 2. The summed E-state index contributed by atoms with van der Waals surface area (Å²) in [6.07, 6.45) is 1.38. The van der Waals surface area contributed by atoms with Crippen LogP contribution in [-0.4, -0.2) is 23.2 Å². The lowest BCUT2D eigenvalue weighted by atomic mass is 10.1. The average Bonchev–Trinajstić information content (AvgIpc) is 2.59. The third-order valence-electron chi connectivity index (χ3n) is 3.62. The van der Waals surface area contributed by atoms with Crippen molar-refractivity contribution in [2.75, 3.05) is 12.4 Å². The van der Waals surface area contributed by atoms with Gasteiger partial charge in [0.1, 0.15) is 11.3 Å². The Hall–Kier alpha value is -3.08. The number of rotatable bonds is 5. The standard InChI is InChI=1S/C18H16N2O3/c1-23-13-7-8-16-14(9-13)17(15(11-19-16)18(21)22)20-10-12-5-3-2-4-6-12/h2-9,11H,10H2,1H3,(H,19,20)(H,21,22). The number of carboxylic acids is 1. The van der Waals surface area contributed by atoms with Crippen molar-refractivity contribution in [1.29, 1.82) is 0 Å². The Morgan fingerprint density at radius 1 is 1.22 bits per heavy atom. The Kier molecular flexibility index (Phi) is 4.10. The van der Waals surface area contributed by atoms with E-state index in [0.717, 1.165) is 10.9 Å². The van der Waals surface area contributed by atoms with Gasteiger partial charge in [0.2, 0.25) is 0 Å². The van der Waals surface area contributed by atoms with E-state index in [1.165, 1.54) is 6.20 Å². The first-order valence-electron chi connectivity index (χ1n) is 7.17. The number of aromatic carboxylic acids is 1. The van der Waals surface area contributed by atoms with Gasteiger partial charge < -0.3 is 15.2 Å². The maximum absolute atomic E-state index is 11.5. The monoisotopic (exact) mass is 308 g/mol. The lowest BCUT2D eigenvalue weighted by molar-refractivity contribution is 0.0697. The molecule has 23 heavy (non-hydrogen) atoms. The number of fused-ring (bicyclic) bond motifs is 1. The van der Waals surface area contributed by atoms with E-state index < -0.39 is 5.97 Å². The molecular formula is C18H16N2O3. The highest BCUT2D eigenvalue weighted by Gasteiger charge is 2.15. The van der Waals surface area contributed by atoms with Gasteiger partial charge in [0.15, 0.2) is 0 Å². The van der Waals surface area contributed by atoms with E-state index >= 15 is 0 Å².